The molecule has 0 saturated carbocycles. The van der Waals surface area contributed by atoms with Crippen LogP contribution in [0.3, 0.4) is 0 Å². The fourth-order valence-electron chi connectivity index (χ4n) is 4.18. The van der Waals surface area contributed by atoms with E-state index in [2.05, 4.69) is 44.6 Å². The number of likely N-dealkylation sites (tertiary alicyclic amines) is 1. The highest BCUT2D eigenvalue weighted by atomic mass is 16.2. The number of nitrogens with zero attached hydrogens (tertiary/aromatic N) is 5. The fourth-order valence-corrected chi connectivity index (χ4v) is 4.18. The highest BCUT2D eigenvalue weighted by molar-refractivity contribution is 5.69. The maximum Gasteiger partial charge on any atom is 0.332 e. The second-order valence-electron chi connectivity index (χ2n) is 9.14. The van der Waals surface area contributed by atoms with Crippen molar-refractivity contribution in [3.63, 3.8) is 0 Å². The average molecular weight is 406 g/mol. The zero-order valence-corrected chi connectivity index (χ0v) is 19.3. The predicted octanol–water partition coefficient (Wildman–Crippen LogP) is 3.00. The summed E-state index contributed by atoms with van der Waals surface area (Å²) in [6.45, 7) is 11.1. The average Bonchev–Trinajstić information content (AvgIpc) is 3.09. The Hall–Kier alpha value is -1.89. The molecule has 0 aromatic carbocycles. The first kappa shape index (κ1) is 23.4. The fraction of sp³-hybridized carbons (Fsp3) is 0.773. The van der Waals surface area contributed by atoms with Gasteiger partial charge in [-0.1, -0.05) is 34.1 Å². The molecule has 0 bridgehead atoms. The molecule has 2 aromatic rings. The van der Waals surface area contributed by atoms with Crippen LogP contribution in [0.25, 0.3) is 11.2 Å². The number of aromatic nitrogens is 4. The highest BCUT2D eigenvalue weighted by Crippen LogP contribution is 2.20. The molecule has 3 rings (SSSR count). The lowest BCUT2D eigenvalue weighted by Gasteiger charge is -2.35. The molecule has 0 amide bonds. The molecule has 2 aromatic heterocycles. The van der Waals surface area contributed by atoms with Gasteiger partial charge in [-0.05, 0) is 51.1 Å². The third-order valence-electron chi connectivity index (χ3n) is 5.99. The van der Waals surface area contributed by atoms with Crippen LogP contribution >= 0.6 is 0 Å². The lowest BCUT2D eigenvalue weighted by molar-refractivity contribution is 0.144. The number of hydrogen-bond acceptors (Lipinski definition) is 4. The number of hydrogen-bond donors (Lipinski definition) is 0. The van der Waals surface area contributed by atoms with Gasteiger partial charge in [0.25, 0.3) is 5.56 Å². The standard InChI is InChI=1S/C13H20N4O2.C9H19N/c1-9(2)6-5-7-17-8-14-11-10(17)12(18)16(4)13(19)15(11)3;1-8(2)9-6-4-5-7-10(9)3/h8-9H,5-7H2,1-4H3;8-9H,4-7H2,1-3H3. The van der Waals surface area contributed by atoms with E-state index in [1.54, 1.807) is 13.4 Å². The summed E-state index contributed by atoms with van der Waals surface area (Å²) in [5.74, 6) is 1.48. The molecule has 0 spiro atoms. The molecule has 0 N–H and O–H groups in total. The molecule has 164 valence electrons. The van der Waals surface area contributed by atoms with Crippen molar-refractivity contribution in [1.82, 2.24) is 23.6 Å². The van der Waals surface area contributed by atoms with E-state index in [9.17, 15) is 9.59 Å². The monoisotopic (exact) mass is 405 g/mol. The van der Waals surface area contributed by atoms with Gasteiger partial charge in [0.15, 0.2) is 11.2 Å². The summed E-state index contributed by atoms with van der Waals surface area (Å²) in [6, 6.07) is 0.855. The summed E-state index contributed by atoms with van der Waals surface area (Å²) < 4.78 is 4.39. The first-order valence-electron chi connectivity index (χ1n) is 11.0. The molecular formula is C22H39N5O2. The largest absolute Gasteiger partial charge is 0.332 e. The predicted molar refractivity (Wildman–Crippen MR) is 119 cm³/mol. The van der Waals surface area contributed by atoms with Crippen molar-refractivity contribution in [2.24, 2.45) is 25.9 Å². The van der Waals surface area contributed by atoms with Gasteiger partial charge in [-0.3, -0.25) is 13.9 Å². The van der Waals surface area contributed by atoms with Gasteiger partial charge >= 0.3 is 5.69 Å². The third-order valence-corrected chi connectivity index (χ3v) is 5.99. The molecular weight excluding hydrogens is 366 g/mol. The minimum absolute atomic E-state index is 0.278. The Balaban J connectivity index is 0.000000253. The van der Waals surface area contributed by atoms with Crippen LogP contribution in [-0.2, 0) is 20.6 Å². The van der Waals surface area contributed by atoms with Crippen molar-refractivity contribution in [2.45, 2.75) is 72.4 Å². The number of aryl methyl sites for hydroxylation is 2. The van der Waals surface area contributed by atoms with Crippen LogP contribution in [0.4, 0.5) is 0 Å². The van der Waals surface area contributed by atoms with Gasteiger partial charge in [-0.15, -0.1) is 0 Å². The summed E-state index contributed by atoms with van der Waals surface area (Å²) >= 11 is 0. The molecule has 7 nitrogen and oxygen atoms in total. The molecule has 1 aliphatic rings. The number of imidazole rings is 1. The second-order valence-corrected chi connectivity index (χ2v) is 9.14. The van der Waals surface area contributed by atoms with Crippen molar-refractivity contribution in [1.29, 1.82) is 0 Å². The van der Waals surface area contributed by atoms with Crippen LogP contribution in [0, 0.1) is 11.8 Å². The smallest absolute Gasteiger partial charge is 0.325 e. The molecule has 1 fully saturated rings. The first-order valence-corrected chi connectivity index (χ1v) is 11.0. The zero-order valence-electron chi connectivity index (χ0n) is 19.3. The first-order chi connectivity index (χ1) is 13.6. The maximum atomic E-state index is 12.2. The summed E-state index contributed by atoms with van der Waals surface area (Å²) in [5.41, 5.74) is 0.344. The number of piperidine rings is 1. The van der Waals surface area contributed by atoms with Crippen LogP contribution in [0.15, 0.2) is 15.9 Å². The van der Waals surface area contributed by atoms with Gasteiger partial charge in [0.05, 0.1) is 6.33 Å². The third kappa shape index (κ3) is 5.59. The van der Waals surface area contributed by atoms with E-state index in [0.717, 1.165) is 35.9 Å². The lowest BCUT2D eigenvalue weighted by Crippen LogP contribution is -2.39. The van der Waals surface area contributed by atoms with Gasteiger partial charge in [-0.25, -0.2) is 9.78 Å². The second kappa shape index (κ2) is 10.2. The molecule has 7 heteroatoms. The normalized spacial score (nSPS) is 17.8. The van der Waals surface area contributed by atoms with Crippen LogP contribution in [-0.4, -0.2) is 43.2 Å². The Bertz CT molecular complexity index is 906. The minimum Gasteiger partial charge on any atom is -0.325 e. The van der Waals surface area contributed by atoms with E-state index in [0.29, 0.717) is 17.1 Å². The van der Waals surface area contributed by atoms with Crippen LogP contribution in [0.1, 0.15) is 59.8 Å². The molecule has 0 aliphatic carbocycles. The van der Waals surface area contributed by atoms with Crippen molar-refractivity contribution < 1.29 is 0 Å². The minimum atomic E-state index is -0.343. The van der Waals surface area contributed by atoms with E-state index < -0.39 is 0 Å². The van der Waals surface area contributed by atoms with E-state index in [1.165, 1.54) is 37.4 Å². The SMILES string of the molecule is CC(C)C1CCCCN1C.CC(C)CCCn1cnc2c1c(=O)n(C)c(=O)n2C. The highest BCUT2D eigenvalue weighted by Gasteiger charge is 2.21. The van der Waals surface area contributed by atoms with Gasteiger partial charge in [0.1, 0.15) is 0 Å². The Morgan fingerprint density at radius 1 is 1.07 bits per heavy atom. The number of rotatable bonds is 5. The molecule has 1 aliphatic heterocycles. The summed E-state index contributed by atoms with van der Waals surface area (Å²) in [7, 11) is 5.38. The Morgan fingerprint density at radius 3 is 2.31 bits per heavy atom. The van der Waals surface area contributed by atoms with E-state index >= 15 is 0 Å². The van der Waals surface area contributed by atoms with Crippen molar-refractivity contribution in [2.75, 3.05) is 13.6 Å². The summed E-state index contributed by atoms with van der Waals surface area (Å²) in [6.07, 6.45) is 7.99. The zero-order chi connectivity index (χ0) is 21.7. The Morgan fingerprint density at radius 2 is 1.76 bits per heavy atom. The van der Waals surface area contributed by atoms with E-state index in [4.69, 9.17) is 0 Å². The maximum absolute atomic E-state index is 12.2. The van der Waals surface area contributed by atoms with Crippen LogP contribution in [0.2, 0.25) is 0 Å². The Kier molecular flexibility index (Phi) is 8.25. The van der Waals surface area contributed by atoms with Crippen molar-refractivity contribution in [3.8, 4) is 0 Å². The lowest BCUT2D eigenvalue weighted by atomic mass is 9.93. The number of fused-ring (bicyclic) bond motifs is 1. The molecule has 1 atom stereocenters. The van der Waals surface area contributed by atoms with Gasteiger partial charge in [-0.2, -0.15) is 0 Å². The topological polar surface area (TPSA) is 65.1 Å². The van der Waals surface area contributed by atoms with Gasteiger partial charge in [0, 0.05) is 26.7 Å². The molecule has 29 heavy (non-hydrogen) atoms. The summed E-state index contributed by atoms with van der Waals surface area (Å²) in [4.78, 5) is 30.7. The Labute approximate surface area is 174 Å². The van der Waals surface area contributed by atoms with Crippen molar-refractivity contribution >= 4 is 11.2 Å². The summed E-state index contributed by atoms with van der Waals surface area (Å²) in [5, 5.41) is 0. The quantitative estimate of drug-likeness (QED) is 0.767. The molecule has 0 radical (unpaired) electrons. The van der Waals surface area contributed by atoms with Crippen LogP contribution < -0.4 is 11.2 Å². The van der Waals surface area contributed by atoms with Gasteiger partial charge in [0.2, 0.25) is 0 Å². The van der Waals surface area contributed by atoms with E-state index in [1.807, 2.05) is 4.57 Å². The van der Waals surface area contributed by atoms with Crippen molar-refractivity contribution in [3.05, 3.63) is 27.2 Å². The molecule has 3 heterocycles. The molecule has 1 unspecified atom stereocenters. The van der Waals surface area contributed by atoms with Crippen LogP contribution in [0.5, 0.6) is 0 Å². The van der Waals surface area contributed by atoms with Gasteiger partial charge < -0.3 is 9.47 Å². The molecule has 1 saturated heterocycles. The van der Waals surface area contributed by atoms with E-state index in [-0.39, 0.29) is 11.2 Å².